The fourth-order valence-electron chi connectivity index (χ4n) is 1.62. The molecule has 0 fully saturated rings. The lowest BCUT2D eigenvalue weighted by Gasteiger charge is -2.10. The Balaban J connectivity index is 2.70. The van der Waals surface area contributed by atoms with E-state index >= 15 is 0 Å². The van der Waals surface area contributed by atoms with Crippen molar-refractivity contribution in [3.63, 3.8) is 0 Å². The summed E-state index contributed by atoms with van der Waals surface area (Å²) < 4.78 is 4.69. The van der Waals surface area contributed by atoms with Crippen molar-refractivity contribution >= 4 is 40.8 Å². The molecule has 0 N–H and O–H groups in total. The third kappa shape index (κ3) is 2.84. The van der Waals surface area contributed by atoms with E-state index in [4.69, 9.17) is 34.8 Å². The first-order valence-electron chi connectivity index (χ1n) is 5.23. The summed E-state index contributed by atoms with van der Waals surface area (Å²) >= 11 is 18.0. The molecule has 0 atom stereocenters. The number of methoxy groups -OCH3 is 1. The predicted molar refractivity (Wildman–Crippen MR) is 76.0 cm³/mol. The molecule has 0 radical (unpaired) electrons. The number of aromatic nitrogens is 1. The van der Waals surface area contributed by atoms with E-state index in [1.807, 2.05) is 0 Å². The molecule has 1 heterocycles. The van der Waals surface area contributed by atoms with Crippen LogP contribution in [0, 0.1) is 0 Å². The number of carbonyl (C=O) groups is 1. The number of hydrogen-bond donors (Lipinski definition) is 0. The van der Waals surface area contributed by atoms with E-state index in [0.29, 0.717) is 26.2 Å². The van der Waals surface area contributed by atoms with Crippen LogP contribution in [0.15, 0.2) is 30.5 Å². The number of benzene rings is 1. The van der Waals surface area contributed by atoms with Gasteiger partial charge < -0.3 is 4.74 Å². The summed E-state index contributed by atoms with van der Waals surface area (Å²) in [6, 6.07) is 6.71. The van der Waals surface area contributed by atoms with E-state index in [-0.39, 0.29) is 5.69 Å². The number of carbonyl (C=O) groups excluding carboxylic acids is 1. The lowest BCUT2D eigenvalue weighted by molar-refractivity contribution is 0.0595. The molecule has 98 valence electrons. The van der Waals surface area contributed by atoms with Crippen LogP contribution in [0.4, 0.5) is 0 Å². The number of esters is 1. The van der Waals surface area contributed by atoms with Gasteiger partial charge in [-0.3, -0.25) is 0 Å². The van der Waals surface area contributed by atoms with Gasteiger partial charge in [-0.25, -0.2) is 9.78 Å². The van der Waals surface area contributed by atoms with Crippen molar-refractivity contribution in [2.24, 2.45) is 0 Å². The molecule has 0 aliphatic rings. The Kier molecular flexibility index (Phi) is 4.30. The zero-order chi connectivity index (χ0) is 14.0. The maximum absolute atomic E-state index is 11.7. The number of rotatable bonds is 2. The molecule has 2 rings (SSSR count). The second-order valence-corrected chi connectivity index (χ2v) is 4.86. The Hall–Kier alpha value is -1.29. The molecule has 0 unspecified atom stereocenters. The van der Waals surface area contributed by atoms with Crippen LogP contribution < -0.4 is 0 Å². The minimum atomic E-state index is -0.567. The smallest absolute Gasteiger partial charge is 0.357 e. The van der Waals surface area contributed by atoms with Gasteiger partial charge in [-0.1, -0.05) is 46.9 Å². The number of nitrogens with zero attached hydrogens (tertiary/aromatic N) is 1. The highest BCUT2D eigenvalue weighted by molar-refractivity contribution is 6.43. The van der Waals surface area contributed by atoms with Crippen molar-refractivity contribution in [2.45, 2.75) is 0 Å². The fourth-order valence-corrected chi connectivity index (χ4v) is 2.18. The largest absolute Gasteiger partial charge is 0.464 e. The van der Waals surface area contributed by atoms with Crippen molar-refractivity contribution in [1.29, 1.82) is 0 Å². The van der Waals surface area contributed by atoms with E-state index in [1.165, 1.54) is 13.3 Å². The van der Waals surface area contributed by atoms with E-state index in [2.05, 4.69) is 9.72 Å². The van der Waals surface area contributed by atoms with Gasteiger partial charge in [-0.2, -0.15) is 0 Å². The number of pyridine rings is 1. The monoisotopic (exact) mass is 315 g/mol. The third-order valence-corrected chi connectivity index (χ3v) is 3.50. The minimum absolute atomic E-state index is 0.135. The summed E-state index contributed by atoms with van der Waals surface area (Å²) in [5, 5.41) is 1.10. The molecule has 0 aliphatic heterocycles. The molecule has 0 saturated heterocycles. The number of hydrogen-bond acceptors (Lipinski definition) is 3. The summed E-state index contributed by atoms with van der Waals surface area (Å²) in [6.07, 6.45) is 1.37. The van der Waals surface area contributed by atoms with Gasteiger partial charge in [0.15, 0.2) is 5.69 Å². The van der Waals surface area contributed by atoms with Gasteiger partial charge in [0.2, 0.25) is 0 Å². The molecular weight excluding hydrogens is 309 g/mol. The third-order valence-electron chi connectivity index (χ3n) is 2.47. The van der Waals surface area contributed by atoms with Crippen molar-refractivity contribution < 1.29 is 9.53 Å². The zero-order valence-corrected chi connectivity index (χ0v) is 12.1. The summed E-state index contributed by atoms with van der Waals surface area (Å²) in [4.78, 5) is 15.7. The maximum Gasteiger partial charge on any atom is 0.357 e. The average molecular weight is 317 g/mol. The van der Waals surface area contributed by atoms with Crippen LogP contribution >= 0.6 is 34.8 Å². The van der Waals surface area contributed by atoms with E-state index in [9.17, 15) is 4.79 Å². The van der Waals surface area contributed by atoms with Crippen molar-refractivity contribution in [2.75, 3.05) is 7.11 Å². The summed E-state index contributed by atoms with van der Waals surface area (Å²) in [6.45, 7) is 0. The van der Waals surface area contributed by atoms with Crippen LogP contribution in [-0.2, 0) is 4.74 Å². The molecule has 3 nitrogen and oxygen atoms in total. The quantitative estimate of drug-likeness (QED) is 0.766. The van der Waals surface area contributed by atoms with Crippen LogP contribution in [-0.4, -0.2) is 18.1 Å². The Morgan fingerprint density at radius 2 is 1.95 bits per heavy atom. The molecule has 2 aromatic rings. The second-order valence-electron chi connectivity index (χ2n) is 3.64. The van der Waals surface area contributed by atoms with Gasteiger partial charge in [-0.15, -0.1) is 0 Å². The average Bonchev–Trinajstić information content (AvgIpc) is 2.41. The first-order chi connectivity index (χ1) is 9.04. The van der Waals surface area contributed by atoms with Crippen LogP contribution in [0.3, 0.4) is 0 Å². The first kappa shape index (κ1) is 14.1. The number of halogens is 3. The molecule has 19 heavy (non-hydrogen) atoms. The van der Waals surface area contributed by atoms with Gasteiger partial charge in [-0.05, 0) is 12.1 Å². The van der Waals surface area contributed by atoms with Gasteiger partial charge in [0.05, 0.1) is 22.2 Å². The molecule has 0 amide bonds. The van der Waals surface area contributed by atoms with Crippen LogP contribution in [0.1, 0.15) is 10.5 Å². The second kappa shape index (κ2) is 5.78. The molecule has 6 heteroatoms. The van der Waals surface area contributed by atoms with Gasteiger partial charge >= 0.3 is 5.97 Å². The zero-order valence-electron chi connectivity index (χ0n) is 9.78. The van der Waals surface area contributed by atoms with Crippen molar-refractivity contribution in [3.05, 3.63) is 51.2 Å². The fraction of sp³-hybridized carbons (Fsp3) is 0.0769. The van der Waals surface area contributed by atoms with Crippen LogP contribution in [0.25, 0.3) is 11.1 Å². The summed E-state index contributed by atoms with van der Waals surface area (Å²) in [7, 11) is 1.28. The highest BCUT2D eigenvalue weighted by Crippen LogP contribution is 2.35. The maximum atomic E-state index is 11.7. The molecule has 0 aliphatic carbocycles. The van der Waals surface area contributed by atoms with Gasteiger partial charge in [0, 0.05) is 17.3 Å². The summed E-state index contributed by atoms with van der Waals surface area (Å²) in [5.74, 6) is -0.567. The molecule has 1 aromatic carbocycles. The molecule has 0 bridgehead atoms. The topological polar surface area (TPSA) is 39.2 Å². The Morgan fingerprint density at radius 1 is 1.21 bits per heavy atom. The van der Waals surface area contributed by atoms with E-state index < -0.39 is 5.97 Å². The lowest BCUT2D eigenvalue weighted by atomic mass is 10.0. The Morgan fingerprint density at radius 3 is 2.63 bits per heavy atom. The van der Waals surface area contributed by atoms with Crippen molar-refractivity contribution in [3.8, 4) is 11.1 Å². The first-order valence-corrected chi connectivity index (χ1v) is 6.36. The van der Waals surface area contributed by atoms with Crippen LogP contribution in [0.2, 0.25) is 15.1 Å². The van der Waals surface area contributed by atoms with E-state index in [0.717, 1.165) is 0 Å². The summed E-state index contributed by atoms with van der Waals surface area (Å²) in [5.41, 5.74) is 1.19. The highest BCUT2D eigenvalue weighted by Gasteiger charge is 2.18. The normalized spacial score (nSPS) is 10.3. The predicted octanol–water partition coefficient (Wildman–Crippen LogP) is 4.50. The van der Waals surface area contributed by atoms with Gasteiger partial charge in [0.1, 0.15) is 0 Å². The van der Waals surface area contributed by atoms with Gasteiger partial charge in [0.25, 0.3) is 0 Å². The van der Waals surface area contributed by atoms with Crippen molar-refractivity contribution in [1.82, 2.24) is 4.98 Å². The molecular formula is C13H8Cl3NO2. The molecule has 1 aromatic heterocycles. The molecule has 0 saturated carbocycles. The SMILES string of the molecule is COC(=O)c1ncc(Cl)cc1-c1cccc(Cl)c1Cl. The Labute approximate surface area is 125 Å². The standard InChI is InChI=1S/C13H8Cl3NO2/c1-19-13(18)12-9(5-7(14)6-17-12)8-3-2-4-10(15)11(8)16/h2-6H,1H3. The molecule has 0 spiro atoms. The lowest BCUT2D eigenvalue weighted by Crippen LogP contribution is -2.06. The van der Waals surface area contributed by atoms with Crippen LogP contribution in [0.5, 0.6) is 0 Å². The van der Waals surface area contributed by atoms with E-state index in [1.54, 1.807) is 24.3 Å². The Bertz CT molecular complexity index is 644. The highest BCUT2D eigenvalue weighted by atomic mass is 35.5. The number of ether oxygens (including phenoxy) is 1. The minimum Gasteiger partial charge on any atom is -0.464 e.